The highest BCUT2D eigenvalue weighted by Gasteiger charge is 2.25. The van der Waals surface area contributed by atoms with Gasteiger partial charge in [-0.15, -0.1) is 0 Å². The molecule has 2 N–H and O–H groups in total. The molecule has 0 radical (unpaired) electrons. The Balaban J connectivity index is 1.33. The second kappa shape index (κ2) is 12.1. The Morgan fingerprint density at radius 2 is 2.00 bits per heavy atom. The number of carbonyl (C=O) groups excluding carboxylic acids is 1. The number of hydrogen-bond acceptors (Lipinski definition) is 6. The van der Waals surface area contributed by atoms with Gasteiger partial charge in [0.25, 0.3) is 5.91 Å². The van der Waals surface area contributed by atoms with Crippen LogP contribution >= 0.6 is 0 Å². The average molecular weight is 534 g/mol. The quantitative estimate of drug-likeness (QED) is 0.212. The molecule has 1 atom stereocenters. The molecular formula is C29H40BFN6O2. The summed E-state index contributed by atoms with van der Waals surface area (Å²) in [5.74, 6) is -0.514. The molecule has 10 heteroatoms. The number of hydrogen-bond donors (Lipinski definition) is 2. The maximum absolute atomic E-state index is 16.0. The van der Waals surface area contributed by atoms with Crippen LogP contribution in [-0.2, 0) is 11.4 Å². The molecular weight excluding hydrogens is 494 g/mol. The summed E-state index contributed by atoms with van der Waals surface area (Å²) in [6.07, 6.45) is 7.12. The van der Waals surface area contributed by atoms with E-state index in [1.165, 1.54) is 6.42 Å². The van der Waals surface area contributed by atoms with Crippen LogP contribution in [0.1, 0.15) is 48.0 Å². The van der Waals surface area contributed by atoms with Crippen LogP contribution in [0, 0.1) is 18.7 Å². The van der Waals surface area contributed by atoms with E-state index in [1.807, 2.05) is 37.5 Å². The summed E-state index contributed by atoms with van der Waals surface area (Å²) in [5, 5.41) is 3.18. The molecule has 208 valence electrons. The molecule has 2 aromatic carbocycles. The number of hydroxylamine groups is 1. The van der Waals surface area contributed by atoms with Gasteiger partial charge in [-0.05, 0) is 89.8 Å². The number of likely N-dealkylation sites (N-methyl/N-ethyl adjacent to an activating group) is 1. The smallest absolute Gasteiger partial charge is 0.277 e. The van der Waals surface area contributed by atoms with E-state index in [0.717, 1.165) is 62.0 Å². The number of imidazole rings is 1. The van der Waals surface area contributed by atoms with Gasteiger partial charge in [0.2, 0.25) is 0 Å². The van der Waals surface area contributed by atoms with Gasteiger partial charge in [0.05, 0.1) is 29.7 Å². The molecule has 1 saturated heterocycles. The standard InChI is InChI=1S/C29H40BFN6O2/c1-19-14-21(30)8-9-24(19)33-27-23(29(38)34-39-17-20-6-7-20)15-25-28(26(27)31)32-18-37(25)12-5-4-11-36-13-10-22(16-36)35(2)3/h8-9,14-15,18,20,22,33H,4-7,10-13,16-17,30H2,1-3H3,(H,34,38). The Labute approximate surface area is 231 Å². The van der Waals surface area contributed by atoms with E-state index in [2.05, 4.69) is 39.7 Å². The summed E-state index contributed by atoms with van der Waals surface area (Å²) in [5.41, 5.74) is 6.52. The lowest BCUT2D eigenvalue weighted by Gasteiger charge is -2.20. The molecule has 2 aliphatic rings. The lowest BCUT2D eigenvalue weighted by molar-refractivity contribution is 0.0271. The lowest BCUT2D eigenvalue weighted by atomic mass is 9.94. The fourth-order valence-electron chi connectivity index (χ4n) is 5.34. The normalized spacial score (nSPS) is 17.8. The first kappa shape index (κ1) is 27.6. The number of anilines is 2. The minimum absolute atomic E-state index is 0.108. The topological polar surface area (TPSA) is 74.7 Å². The van der Waals surface area contributed by atoms with Gasteiger partial charge < -0.3 is 19.7 Å². The molecule has 1 saturated carbocycles. The first-order valence-corrected chi connectivity index (χ1v) is 14.1. The molecule has 2 fully saturated rings. The van der Waals surface area contributed by atoms with Crippen molar-refractivity contribution in [2.75, 3.05) is 45.7 Å². The second-order valence-electron chi connectivity index (χ2n) is 11.5. The molecule has 0 bridgehead atoms. The van der Waals surface area contributed by atoms with Crippen molar-refractivity contribution in [1.29, 1.82) is 0 Å². The summed E-state index contributed by atoms with van der Waals surface area (Å²) in [6, 6.07) is 8.25. The SMILES string of the molecule is Bc1ccc(Nc2c(C(=O)NOCC3CC3)cc3c(ncn3CCCCN3CCC(N(C)C)C3)c2F)c(C)c1. The Bertz CT molecular complexity index is 1320. The van der Waals surface area contributed by atoms with Gasteiger partial charge in [0.1, 0.15) is 13.4 Å². The molecule has 1 aromatic heterocycles. The number of nitrogens with zero attached hydrogens (tertiary/aromatic N) is 4. The molecule has 2 heterocycles. The van der Waals surface area contributed by atoms with Crippen molar-refractivity contribution in [2.24, 2.45) is 5.92 Å². The Morgan fingerprint density at radius 3 is 2.72 bits per heavy atom. The number of halogens is 1. The summed E-state index contributed by atoms with van der Waals surface area (Å²) in [6.45, 7) is 6.46. The Kier molecular flexibility index (Phi) is 8.54. The minimum Gasteiger partial charge on any atom is -0.352 e. The number of nitrogens with one attached hydrogen (secondary N) is 2. The fraction of sp³-hybridized carbons (Fsp3) is 0.517. The zero-order chi connectivity index (χ0) is 27.5. The van der Waals surface area contributed by atoms with Gasteiger partial charge >= 0.3 is 0 Å². The number of amides is 1. The van der Waals surface area contributed by atoms with Crippen molar-refractivity contribution in [1.82, 2.24) is 24.8 Å². The third-order valence-electron chi connectivity index (χ3n) is 8.02. The second-order valence-corrected chi connectivity index (χ2v) is 11.5. The van der Waals surface area contributed by atoms with E-state index in [9.17, 15) is 4.79 Å². The van der Waals surface area contributed by atoms with E-state index >= 15 is 4.39 Å². The summed E-state index contributed by atoms with van der Waals surface area (Å²) >= 11 is 0. The molecule has 1 amide bonds. The number of rotatable bonds is 12. The van der Waals surface area contributed by atoms with E-state index in [4.69, 9.17) is 4.84 Å². The Hall–Kier alpha value is -2.95. The highest BCUT2D eigenvalue weighted by Crippen LogP contribution is 2.32. The number of benzene rings is 2. The van der Waals surface area contributed by atoms with Crippen molar-refractivity contribution in [3.05, 3.63) is 47.5 Å². The van der Waals surface area contributed by atoms with Crippen molar-refractivity contribution in [3.8, 4) is 0 Å². The largest absolute Gasteiger partial charge is 0.352 e. The van der Waals surface area contributed by atoms with Crippen LogP contribution in [0.4, 0.5) is 15.8 Å². The van der Waals surface area contributed by atoms with Gasteiger partial charge in [-0.2, -0.15) is 0 Å². The van der Waals surface area contributed by atoms with Crippen molar-refractivity contribution >= 4 is 41.6 Å². The number of likely N-dealkylation sites (tertiary alicyclic amines) is 1. The molecule has 39 heavy (non-hydrogen) atoms. The predicted octanol–water partition coefficient (Wildman–Crippen LogP) is 2.97. The van der Waals surface area contributed by atoms with Gasteiger partial charge in [0.15, 0.2) is 5.82 Å². The van der Waals surface area contributed by atoms with E-state index in [1.54, 1.807) is 12.4 Å². The molecule has 5 rings (SSSR count). The third-order valence-corrected chi connectivity index (χ3v) is 8.02. The molecule has 8 nitrogen and oxygen atoms in total. The fourth-order valence-corrected chi connectivity index (χ4v) is 5.34. The van der Waals surface area contributed by atoms with Crippen LogP contribution in [-0.4, -0.2) is 79.5 Å². The monoisotopic (exact) mass is 534 g/mol. The van der Waals surface area contributed by atoms with Gasteiger partial charge in [-0.1, -0.05) is 17.6 Å². The summed E-state index contributed by atoms with van der Waals surface area (Å²) in [4.78, 5) is 27.9. The first-order valence-electron chi connectivity index (χ1n) is 14.1. The molecule has 1 unspecified atom stereocenters. The van der Waals surface area contributed by atoms with Crippen molar-refractivity contribution < 1.29 is 14.0 Å². The minimum atomic E-state index is -0.537. The number of fused-ring (bicyclic) bond motifs is 1. The summed E-state index contributed by atoms with van der Waals surface area (Å²) in [7, 11) is 6.31. The van der Waals surface area contributed by atoms with Crippen LogP contribution < -0.4 is 16.3 Å². The summed E-state index contributed by atoms with van der Waals surface area (Å²) < 4.78 is 17.9. The maximum Gasteiger partial charge on any atom is 0.277 e. The van der Waals surface area contributed by atoms with Crippen LogP contribution in [0.2, 0.25) is 0 Å². The number of aromatic nitrogens is 2. The molecule has 0 spiro atoms. The van der Waals surface area contributed by atoms with E-state index < -0.39 is 11.7 Å². The van der Waals surface area contributed by atoms with Gasteiger partial charge in [-0.25, -0.2) is 14.9 Å². The van der Waals surface area contributed by atoms with Gasteiger partial charge in [-0.3, -0.25) is 9.63 Å². The molecule has 1 aliphatic carbocycles. The zero-order valence-corrected chi connectivity index (χ0v) is 23.6. The maximum atomic E-state index is 16.0. The molecule has 3 aromatic rings. The number of carbonyl (C=O) groups is 1. The lowest BCUT2D eigenvalue weighted by Crippen LogP contribution is -2.31. The predicted molar refractivity (Wildman–Crippen MR) is 156 cm³/mol. The highest BCUT2D eigenvalue weighted by atomic mass is 19.1. The Morgan fingerprint density at radius 1 is 1.21 bits per heavy atom. The van der Waals surface area contributed by atoms with E-state index in [-0.39, 0.29) is 16.8 Å². The third kappa shape index (κ3) is 6.62. The van der Waals surface area contributed by atoms with Crippen LogP contribution in [0.3, 0.4) is 0 Å². The zero-order valence-electron chi connectivity index (χ0n) is 23.6. The van der Waals surface area contributed by atoms with Crippen LogP contribution in [0.25, 0.3) is 11.0 Å². The van der Waals surface area contributed by atoms with Crippen LogP contribution in [0.15, 0.2) is 30.6 Å². The van der Waals surface area contributed by atoms with Crippen molar-refractivity contribution in [2.45, 2.75) is 51.6 Å². The molecule has 1 aliphatic heterocycles. The highest BCUT2D eigenvalue weighted by molar-refractivity contribution is 6.32. The number of aryl methyl sites for hydroxylation is 2. The number of unbranched alkanes of at least 4 members (excludes halogenated alkanes) is 1. The first-order chi connectivity index (χ1) is 18.8. The van der Waals surface area contributed by atoms with Crippen molar-refractivity contribution in [3.63, 3.8) is 0 Å². The van der Waals surface area contributed by atoms with Crippen LogP contribution in [0.5, 0.6) is 0 Å². The average Bonchev–Trinajstić information content (AvgIpc) is 3.43. The van der Waals surface area contributed by atoms with Gasteiger partial charge in [0, 0.05) is 24.8 Å². The van der Waals surface area contributed by atoms with E-state index in [0.29, 0.717) is 30.6 Å².